The van der Waals surface area contributed by atoms with Crippen LogP contribution in [0.3, 0.4) is 0 Å². The Morgan fingerprint density at radius 3 is 2.43 bits per heavy atom. The van der Waals surface area contributed by atoms with Gasteiger partial charge in [0.15, 0.2) is 0 Å². The van der Waals surface area contributed by atoms with Crippen LogP contribution in [-0.4, -0.2) is 20.3 Å². The first kappa shape index (κ1) is 15.2. The second kappa shape index (κ2) is 8.17. The molecule has 21 heavy (non-hydrogen) atoms. The molecule has 2 N–H and O–H groups in total. The van der Waals surface area contributed by atoms with Crippen molar-refractivity contribution in [3.05, 3.63) is 54.1 Å². The fourth-order valence-electron chi connectivity index (χ4n) is 1.87. The van der Waals surface area contributed by atoms with E-state index in [0.29, 0.717) is 25.5 Å². The highest BCUT2D eigenvalue weighted by Crippen LogP contribution is 2.19. The minimum absolute atomic E-state index is 0.594. The quantitative estimate of drug-likeness (QED) is 0.598. The summed E-state index contributed by atoms with van der Waals surface area (Å²) in [6, 6.07) is 15.4. The highest BCUT2D eigenvalue weighted by atomic mass is 16.5. The zero-order chi connectivity index (χ0) is 14.9. The van der Waals surface area contributed by atoms with Crippen LogP contribution in [0.5, 0.6) is 11.5 Å². The second-order valence-electron chi connectivity index (χ2n) is 4.64. The van der Waals surface area contributed by atoms with Crippen LogP contribution in [0.2, 0.25) is 0 Å². The van der Waals surface area contributed by atoms with Gasteiger partial charge in [0.25, 0.3) is 0 Å². The molecule has 0 fully saturated rings. The van der Waals surface area contributed by atoms with Crippen molar-refractivity contribution in [1.29, 1.82) is 0 Å². The first-order chi connectivity index (χ1) is 10.3. The summed E-state index contributed by atoms with van der Waals surface area (Å²) in [5, 5.41) is 0. The van der Waals surface area contributed by atoms with Crippen molar-refractivity contribution in [2.24, 2.45) is 0 Å². The van der Waals surface area contributed by atoms with Gasteiger partial charge in [-0.3, -0.25) is 0 Å². The molecule has 2 rings (SSSR count). The Morgan fingerprint density at radius 1 is 0.952 bits per heavy atom. The van der Waals surface area contributed by atoms with Crippen molar-refractivity contribution < 1.29 is 14.2 Å². The summed E-state index contributed by atoms with van der Waals surface area (Å²) in [5.74, 6) is 1.58. The molecule has 0 bridgehead atoms. The van der Waals surface area contributed by atoms with Crippen molar-refractivity contribution >= 4 is 5.69 Å². The lowest BCUT2D eigenvalue weighted by molar-refractivity contribution is 0.107. The average molecular weight is 287 g/mol. The zero-order valence-corrected chi connectivity index (χ0v) is 12.2. The van der Waals surface area contributed by atoms with Crippen LogP contribution in [-0.2, 0) is 11.3 Å². The fourth-order valence-corrected chi connectivity index (χ4v) is 1.87. The Labute approximate surface area is 125 Å². The molecule has 0 unspecified atom stereocenters. The lowest BCUT2D eigenvalue weighted by atomic mass is 10.2. The summed E-state index contributed by atoms with van der Waals surface area (Å²) in [6.45, 7) is 1.84. The predicted octanol–water partition coefficient (Wildman–Crippen LogP) is 3.26. The van der Waals surface area contributed by atoms with E-state index in [-0.39, 0.29) is 0 Å². The highest BCUT2D eigenvalue weighted by molar-refractivity contribution is 5.51. The Morgan fingerprint density at radius 2 is 1.71 bits per heavy atom. The maximum atomic E-state index is 5.79. The van der Waals surface area contributed by atoms with Crippen molar-refractivity contribution in [3.8, 4) is 11.5 Å². The zero-order valence-electron chi connectivity index (χ0n) is 12.2. The molecule has 2 aromatic rings. The van der Waals surface area contributed by atoms with Crippen LogP contribution in [0.4, 0.5) is 5.69 Å². The maximum absolute atomic E-state index is 5.79. The Bertz CT molecular complexity index is 540. The third-order valence-electron chi connectivity index (χ3n) is 3.04. The summed E-state index contributed by atoms with van der Waals surface area (Å²) in [6.07, 6.45) is 0.824. The van der Waals surface area contributed by atoms with E-state index in [1.807, 2.05) is 48.5 Å². The standard InChI is InChI=1S/C17H21NO3/c1-19-15-9-7-14(8-10-15)13-20-11-4-12-21-17-6-3-2-5-16(17)18/h2-3,5-10H,4,11-13,18H2,1H3. The third-order valence-corrected chi connectivity index (χ3v) is 3.04. The van der Waals surface area contributed by atoms with Gasteiger partial charge in [-0.15, -0.1) is 0 Å². The molecule has 0 aromatic heterocycles. The van der Waals surface area contributed by atoms with Gasteiger partial charge in [-0.2, -0.15) is 0 Å². The smallest absolute Gasteiger partial charge is 0.142 e. The van der Waals surface area contributed by atoms with E-state index in [2.05, 4.69) is 0 Å². The van der Waals surface area contributed by atoms with Crippen molar-refractivity contribution in [2.45, 2.75) is 13.0 Å². The van der Waals surface area contributed by atoms with Gasteiger partial charge in [-0.1, -0.05) is 24.3 Å². The monoisotopic (exact) mass is 287 g/mol. The molecule has 0 aliphatic rings. The number of para-hydroxylation sites is 2. The number of anilines is 1. The number of methoxy groups -OCH3 is 1. The van der Waals surface area contributed by atoms with Gasteiger partial charge in [0.2, 0.25) is 0 Å². The van der Waals surface area contributed by atoms with E-state index in [9.17, 15) is 0 Å². The molecular formula is C17H21NO3. The summed E-state index contributed by atoms with van der Waals surface area (Å²) in [7, 11) is 1.66. The van der Waals surface area contributed by atoms with Gasteiger partial charge >= 0.3 is 0 Å². The Balaban J connectivity index is 1.60. The van der Waals surface area contributed by atoms with Crippen LogP contribution in [0.15, 0.2) is 48.5 Å². The first-order valence-electron chi connectivity index (χ1n) is 6.97. The number of hydrogen-bond acceptors (Lipinski definition) is 4. The molecule has 0 radical (unpaired) electrons. The molecule has 4 nitrogen and oxygen atoms in total. The Hall–Kier alpha value is -2.20. The van der Waals surface area contributed by atoms with Crippen LogP contribution in [0.25, 0.3) is 0 Å². The van der Waals surface area contributed by atoms with E-state index < -0.39 is 0 Å². The summed E-state index contributed by atoms with van der Waals surface area (Å²) in [4.78, 5) is 0. The largest absolute Gasteiger partial charge is 0.497 e. The van der Waals surface area contributed by atoms with Gasteiger partial charge in [-0.05, 0) is 29.8 Å². The molecule has 0 saturated carbocycles. The van der Waals surface area contributed by atoms with Crippen LogP contribution >= 0.6 is 0 Å². The predicted molar refractivity (Wildman–Crippen MR) is 83.6 cm³/mol. The highest BCUT2D eigenvalue weighted by Gasteiger charge is 1.99. The van der Waals surface area contributed by atoms with Crippen molar-refractivity contribution in [2.75, 3.05) is 26.1 Å². The van der Waals surface area contributed by atoms with Gasteiger partial charge in [-0.25, -0.2) is 0 Å². The molecule has 0 spiro atoms. The normalized spacial score (nSPS) is 10.3. The van der Waals surface area contributed by atoms with Crippen LogP contribution < -0.4 is 15.2 Å². The molecule has 112 valence electrons. The number of rotatable bonds is 8. The lowest BCUT2D eigenvalue weighted by Crippen LogP contribution is -2.04. The first-order valence-corrected chi connectivity index (χ1v) is 6.97. The molecule has 0 aliphatic carbocycles. The van der Waals surface area contributed by atoms with Gasteiger partial charge in [0, 0.05) is 6.42 Å². The number of ether oxygens (including phenoxy) is 3. The summed E-state index contributed by atoms with van der Waals surface area (Å²) in [5.41, 5.74) is 7.59. The van der Waals surface area contributed by atoms with E-state index in [4.69, 9.17) is 19.9 Å². The molecular weight excluding hydrogens is 266 g/mol. The van der Waals surface area contributed by atoms with Gasteiger partial charge in [0.1, 0.15) is 11.5 Å². The molecule has 0 aliphatic heterocycles. The van der Waals surface area contributed by atoms with Crippen molar-refractivity contribution in [3.63, 3.8) is 0 Å². The summed E-state index contributed by atoms with van der Waals surface area (Å²) >= 11 is 0. The van der Waals surface area contributed by atoms with E-state index in [1.54, 1.807) is 7.11 Å². The van der Waals surface area contributed by atoms with E-state index in [1.165, 1.54) is 0 Å². The van der Waals surface area contributed by atoms with Crippen molar-refractivity contribution in [1.82, 2.24) is 0 Å². The van der Waals surface area contributed by atoms with Gasteiger partial charge < -0.3 is 19.9 Å². The van der Waals surface area contributed by atoms with Gasteiger partial charge in [0.05, 0.1) is 32.6 Å². The number of hydrogen-bond donors (Lipinski definition) is 1. The third kappa shape index (κ3) is 5.00. The molecule has 0 saturated heterocycles. The topological polar surface area (TPSA) is 53.7 Å². The lowest BCUT2D eigenvalue weighted by Gasteiger charge is -2.09. The minimum Gasteiger partial charge on any atom is -0.497 e. The SMILES string of the molecule is COc1ccc(COCCCOc2ccccc2N)cc1. The molecule has 4 heteroatoms. The van der Waals surface area contributed by atoms with E-state index >= 15 is 0 Å². The molecule has 0 atom stereocenters. The second-order valence-corrected chi connectivity index (χ2v) is 4.64. The number of nitrogens with two attached hydrogens (primary N) is 1. The molecule has 0 amide bonds. The van der Waals surface area contributed by atoms with Crippen LogP contribution in [0.1, 0.15) is 12.0 Å². The Kier molecular flexibility index (Phi) is 5.91. The number of benzene rings is 2. The fraction of sp³-hybridized carbons (Fsp3) is 0.294. The maximum Gasteiger partial charge on any atom is 0.142 e. The number of nitrogen functional groups attached to an aromatic ring is 1. The van der Waals surface area contributed by atoms with E-state index in [0.717, 1.165) is 23.5 Å². The van der Waals surface area contributed by atoms with Crippen LogP contribution in [0, 0.1) is 0 Å². The molecule has 2 aromatic carbocycles. The minimum atomic E-state index is 0.594. The average Bonchev–Trinajstić information content (AvgIpc) is 2.53. The molecule has 0 heterocycles. The summed E-state index contributed by atoms with van der Waals surface area (Å²) < 4.78 is 16.3.